The molecule has 0 amide bonds. The SMILES string of the molecule is NNc1nc(NCC(F)(F)C(F)F)c2ccccc2n1. The van der Waals surface area contributed by atoms with Gasteiger partial charge in [0.25, 0.3) is 0 Å². The summed E-state index contributed by atoms with van der Waals surface area (Å²) in [7, 11) is 0. The van der Waals surface area contributed by atoms with E-state index in [1.54, 1.807) is 24.3 Å². The lowest BCUT2D eigenvalue weighted by atomic mass is 10.2. The molecule has 108 valence electrons. The maximum Gasteiger partial charge on any atom is 0.324 e. The van der Waals surface area contributed by atoms with Crippen molar-refractivity contribution < 1.29 is 17.6 Å². The van der Waals surface area contributed by atoms with Crippen LogP contribution in [0.5, 0.6) is 0 Å². The largest absolute Gasteiger partial charge is 0.363 e. The predicted molar refractivity (Wildman–Crippen MR) is 66.8 cm³/mol. The van der Waals surface area contributed by atoms with E-state index in [1.165, 1.54) is 0 Å². The van der Waals surface area contributed by atoms with Gasteiger partial charge in [-0.25, -0.2) is 19.6 Å². The molecule has 0 fully saturated rings. The van der Waals surface area contributed by atoms with E-state index in [-0.39, 0.29) is 11.8 Å². The second-order valence-corrected chi connectivity index (χ2v) is 3.97. The van der Waals surface area contributed by atoms with Crippen molar-refractivity contribution >= 4 is 22.7 Å². The van der Waals surface area contributed by atoms with Crippen LogP contribution in [0.2, 0.25) is 0 Å². The maximum atomic E-state index is 12.9. The number of para-hydroxylation sites is 1. The molecule has 2 aromatic rings. The summed E-state index contributed by atoms with van der Waals surface area (Å²) in [6, 6.07) is 6.54. The topological polar surface area (TPSA) is 75.9 Å². The summed E-state index contributed by atoms with van der Waals surface area (Å²) in [4.78, 5) is 7.86. The molecular weight excluding hydrogens is 278 g/mol. The molecule has 0 saturated heterocycles. The van der Waals surface area contributed by atoms with Gasteiger partial charge in [0.05, 0.1) is 12.1 Å². The average molecular weight is 289 g/mol. The lowest BCUT2D eigenvalue weighted by Crippen LogP contribution is -2.35. The lowest BCUT2D eigenvalue weighted by Gasteiger charge is -2.17. The van der Waals surface area contributed by atoms with E-state index in [9.17, 15) is 17.6 Å². The molecule has 4 N–H and O–H groups in total. The van der Waals surface area contributed by atoms with Gasteiger partial charge in [0.1, 0.15) is 5.82 Å². The van der Waals surface area contributed by atoms with Crippen molar-refractivity contribution in [1.82, 2.24) is 9.97 Å². The number of rotatable bonds is 5. The van der Waals surface area contributed by atoms with Gasteiger partial charge in [-0.15, -0.1) is 0 Å². The van der Waals surface area contributed by atoms with Crippen molar-refractivity contribution in [2.45, 2.75) is 12.3 Å². The summed E-state index contributed by atoms with van der Waals surface area (Å²) in [5.41, 5.74) is 2.62. The molecule has 2 rings (SSSR count). The summed E-state index contributed by atoms with van der Waals surface area (Å²) in [6.45, 7) is -1.24. The molecule has 0 aliphatic rings. The van der Waals surface area contributed by atoms with Gasteiger partial charge in [-0.3, -0.25) is 5.43 Å². The number of nitrogens with two attached hydrogens (primary N) is 1. The Kier molecular flexibility index (Phi) is 3.89. The molecular formula is C11H11F4N5. The third kappa shape index (κ3) is 2.87. The number of anilines is 2. The molecule has 0 bridgehead atoms. The van der Waals surface area contributed by atoms with Crippen LogP contribution in [0, 0.1) is 0 Å². The van der Waals surface area contributed by atoms with E-state index in [0.29, 0.717) is 10.9 Å². The van der Waals surface area contributed by atoms with Gasteiger partial charge < -0.3 is 5.32 Å². The van der Waals surface area contributed by atoms with Gasteiger partial charge in [0.2, 0.25) is 5.95 Å². The lowest BCUT2D eigenvalue weighted by molar-refractivity contribution is -0.117. The fraction of sp³-hybridized carbons (Fsp3) is 0.273. The average Bonchev–Trinajstić information content (AvgIpc) is 2.44. The third-order valence-electron chi connectivity index (χ3n) is 2.54. The quantitative estimate of drug-likeness (QED) is 0.447. The monoisotopic (exact) mass is 289 g/mol. The fourth-order valence-corrected chi connectivity index (χ4v) is 1.55. The highest BCUT2D eigenvalue weighted by molar-refractivity contribution is 5.89. The van der Waals surface area contributed by atoms with Crippen LogP contribution < -0.4 is 16.6 Å². The first-order valence-corrected chi connectivity index (χ1v) is 5.57. The first-order chi connectivity index (χ1) is 9.44. The van der Waals surface area contributed by atoms with Crippen LogP contribution in [-0.2, 0) is 0 Å². The Morgan fingerprint density at radius 3 is 2.55 bits per heavy atom. The predicted octanol–water partition coefficient (Wildman–Crippen LogP) is 2.23. The molecule has 1 heterocycles. The Bertz CT molecular complexity index is 604. The molecule has 1 aromatic carbocycles. The minimum atomic E-state index is -4.15. The number of halogens is 4. The maximum absolute atomic E-state index is 12.9. The molecule has 0 atom stereocenters. The molecule has 0 saturated carbocycles. The number of fused-ring (bicyclic) bond motifs is 1. The van der Waals surface area contributed by atoms with E-state index in [4.69, 9.17) is 5.84 Å². The van der Waals surface area contributed by atoms with Crippen LogP contribution in [0.25, 0.3) is 10.9 Å². The highest BCUT2D eigenvalue weighted by atomic mass is 19.3. The fourth-order valence-electron chi connectivity index (χ4n) is 1.55. The number of nitrogens with one attached hydrogen (secondary N) is 2. The molecule has 0 aliphatic heterocycles. The number of benzene rings is 1. The van der Waals surface area contributed by atoms with Crippen molar-refractivity contribution in [3.05, 3.63) is 24.3 Å². The number of hydrogen-bond acceptors (Lipinski definition) is 5. The smallest absolute Gasteiger partial charge is 0.324 e. The van der Waals surface area contributed by atoms with Crippen molar-refractivity contribution in [2.24, 2.45) is 5.84 Å². The summed E-state index contributed by atoms with van der Waals surface area (Å²) >= 11 is 0. The van der Waals surface area contributed by atoms with Crippen LogP contribution in [-0.4, -0.2) is 28.9 Å². The van der Waals surface area contributed by atoms with E-state index < -0.39 is 18.9 Å². The minimum absolute atomic E-state index is 0.00359. The van der Waals surface area contributed by atoms with Crippen LogP contribution in [0.3, 0.4) is 0 Å². The van der Waals surface area contributed by atoms with E-state index in [0.717, 1.165) is 0 Å². The molecule has 9 heteroatoms. The van der Waals surface area contributed by atoms with Gasteiger partial charge in [-0.2, -0.15) is 13.8 Å². The molecule has 0 aliphatic carbocycles. The summed E-state index contributed by atoms with van der Waals surface area (Å²) in [5, 5.41) is 2.63. The first-order valence-electron chi connectivity index (χ1n) is 5.57. The summed E-state index contributed by atoms with van der Waals surface area (Å²) in [6.07, 6.45) is -3.75. The van der Waals surface area contributed by atoms with Crippen molar-refractivity contribution in [3.8, 4) is 0 Å². The molecule has 1 aromatic heterocycles. The summed E-state index contributed by atoms with van der Waals surface area (Å²) in [5.74, 6) is 1.01. The zero-order chi connectivity index (χ0) is 14.8. The highest BCUT2D eigenvalue weighted by Gasteiger charge is 2.40. The second-order valence-electron chi connectivity index (χ2n) is 3.97. The van der Waals surface area contributed by atoms with Gasteiger partial charge in [0, 0.05) is 5.39 Å². The number of aromatic nitrogens is 2. The summed E-state index contributed by atoms with van der Waals surface area (Å²) < 4.78 is 50.1. The van der Waals surface area contributed by atoms with Gasteiger partial charge >= 0.3 is 12.3 Å². The van der Waals surface area contributed by atoms with Crippen LogP contribution >= 0.6 is 0 Å². The zero-order valence-electron chi connectivity index (χ0n) is 10.1. The Morgan fingerprint density at radius 2 is 1.90 bits per heavy atom. The standard InChI is InChI=1S/C11H11F4N5/c12-9(13)11(14,15)5-17-8-6-3-1-2-4-7(6)18-10(19-8)20-16/h1-4,9H,5,16H2,(H2,17,18,19,20). The van der Waals surface area contributed by atoms with Crippen molar-refractivity contribution in [1.29, 1.82) is 0 Å². The van der Waals surface area contributed by atoms with Gasteiger partial charge in [0.15, 0.2) is 0 Å². The normalized spacial score (nSPS) is 11.9. The Hall–Kier alpha value is -2.16. The van der Waals surface area contributed by atoms with Crippen molar-refractivity contribution in [2.75, 3.05) is 17.3 Å². The van der Waals surface area contributed by atoms with Crippen LogP contribution in [0.1, 0.15) is 0 Å². The van der Waals surface area contributed by atoms with Crippen LogP contribution in [0.4, 0.5) is 29.3 Å². The van der Waals surface area contributed by atoms with E-state index in [2.05, 4.69) is 20.7 Å². The van der Waals surface area contributed by atoms with Crippen molar-refractivity contribution in [3.63, 3.8) is 0 Å². The van der Waals surface area contributed by atoms with Crippen LogP contribution in [0.15, 0.2) is 24.3 Å². The van der Waals surface area contributed by atoms with Gasteiger partial charge in [-0.05, 0) is 12.1 Å². The number of hydrogen-bond donors (Lipinski definition) is 3. The number of alkyl halides is 4. The Morgan fingerprint density at radius 1 is 1.20 bits per heavy atom. The molecule has 20 heavy (non-hydrogen) atoms. The third-order valence-corrected chi connectivity index (χ3v) is 2.54. The zero-order valence-corrected chi connectivity index (χ0v) is 10.1. The highest BCUT2D eigenvalue weighted by Crippen LogP contribution is 2.26. The molecule has 0 radical (unpaired) electrons. The molecule has 0 unspecified atom stereocenters. The van der Waals surface area contributed by atoms with Gasteiger partial charge in [-0.1, -0.05) is 12.1 Å². The molecule has 0 spiro atoms. The van der Waals surface area contributed by atoms with E-state index in [1.807, 2.05) is 0 Å². The number of nitrogens with zero attached hydrogens (tertiary/aromatic N) is 2. The Balaban J connectivity index is 2.33. The first kappa shape index (κ1) is 14.3. The number of nitrogen functional groups attached to an aromatic ring is 1. The Labute approximate surface area is 111 Å². The molecule has 5 nitrogen and oxygen atoms in total. The minimum Gasteiger partial charge on any atom is -0.363 e. The van der Waals surface area contributed by atoms with E-state index >= 15 is 0 Å². The number of hydrazine groups is 1. The second kappa shape index (κ2) is 5.45.